The Morgan fingerprint density at radius 1 is 1.77 bits per heavy atom. The van der Waals surface area contributed by atoms with Crippen molar-refractivity contribution in [2.75, 3.05) is 19.8 Å². The number of hydrogen-bond acceptors (Lipinski definition) is 2. The zero-order chi connectivity index (χ0) is 9.68. The number of carbonyl (C=O) groups is 1. The molecular formula is C10H17NO2. The molecule has 1 heterocycles. The SMILES string of the molecule is C=CC(=O)N1CCOCC1CCC. The maximum absolute atomic E-state index is 11.4. The van der Waals surface area contributed by atoms with Crippen molar-refractivity contribution in [1.82, 2.24) is 4.90 Å². The van der Waals surface area contributed by atoms with E-state index in [0.717, 1.165) is 12.8 Å². The fourth-order valence-corrected chi connectivity index (χ4v) is 1.63. The summed E-state index contributed by atoms with van der Waals surface area (Å²) in [5.74, 6) is 0.0294. The third-order valence-electron chi connectivity index (χ3n) is 2.31. The van der Waals surface area contributed by atoms with Crippen molar-refractivity contribution in [3.63, 3.8) is 0 Å². The van der Waals surface area contributed by atoms with Gasteiger partial charge < -0.3 is 9.64 Å². The van der Waals surface area contributed by atoms with Crippen molar-refractivity contribution in [3.05, 3.63) is 12.7 Å². The normalized spacial score (nSPS) is 22.8. The van der Waals surface area contributed by atoms with Gasteiger partial charge in [0.05, 0.1) is 19.3 Å². The predicted molar refractivity (Wildman–Crippen MR) is 51.4 cm³/mol. The minimum atomic E-state index is 0.0294. The van der Waals surface area contributed by atoms with Gasteiger partial charge in [0.15, 0.2) is 0 Å². The van der Waals surface area contributed by atoms with Crippen LogP contribution >= 0.6 is 0 Å². The van der Waals surface area contributed by atoms with Gasteiger partial charge in [-0.25, -0.2) is 0 Å². The molecule has 1 saturated heterocycles. The fourth-order valence-electron chi connectivity index (χ4n) is 1.63. The van der Waals surface area contributed by atoms with E-state index in [1.165, 1.54) is 6.08 Å². The highest BCUT2D eigenvalue weighted by atomic mass is 16.5. The van der Waals surface area contributed by atoms with Crippen LogP contribution in [0.15, 0.2) is 12.7 Å². The Hall–Kier alpha value is -0.830. The predicted octanol–water partition coefficient (Wildman–Crippen LogP) is 1.20. The molecule has 3 nitrogen and oxygen atoms in total. The van der Waals surface area contributed by atoms with E-state index in [-0.39, 0.29) is 11.9 Å². The first kappa shape index (κ1) is 10.3. The van der Waals surface area contributed by atoms with Crippen LogP contribution in [0, 0.1) is 0 Å². The Morgan fingerprint density at radius 3 is 3.15 bits per heavy atom. The van der Waals surface area contributed by atoms with Gasteiger partial charge in [-0.3, -0.25) is 4.79 Å². The van der Waals surface area contributed by atoms with Crippen LogP contribution < -0.4 is 0 Å². The smallest absolute Gasteiger partial charge is 0.246 e. The molecule has 74 valence electrons. The number of morpholine rings is 1. The quantitative estimate of drug-likeness (QED) is 0.615. The average molecular weight is 183 g/mol. The maximum Gasteiger partial charge on any atom is 0.246 e. The molecule has 1 fully saturated rings. The molecular weight excluding hydrogens is 166 g/mol. The van der Waals surface area contributed by atoms with Gasteiger partial charge >= 0.3 is 0 Å². The first-order valence-corrected chi connectivity index (χ1v) is 4.80. The van der Waals surface area contributed by atoms with Gasteiger partial charge in [0.2, 0.25) is 5.91 Å². The summed E-state index contributed by atoms with van der Waals surface area (Å²) < 4.78 is 5.33. The lowest BCUT2D eigenvalue weighted by molar-refractivity contribution is -0.134. The molecule has 13 heavy (non-hydrogen) atoms. The van der Waals surface area contributed by atoms with Gasteiger partial charge in [-0.1, -0.05) is 19.9 Å². The third-order valence-corrected chi connectivity index (χ3v) is 2.31. The second-order valence-electron chi connectivity index (χ2n) is 3.25. The van der Waals surface area contributed by atoms with Crippen LogP contribution in [-0.2, 0) is 9.53 Å². The standard InChI is InChI=1S/C10H17NO2/c1-3-5-9-8-13-7-6-11(9)10(12)4-2/h4,9H,2-3,5-8H2,1H3. The molecule has 1 rings (SSSR count). The van der Waals surface area contributed by atoms with E-state index in [2.05, 4.69) is 13.5 Å². The number of ether oxygens (including phenoxy) is 1. The van der Waals surface area contributed by atoms with E-state index in [1.807, 2.05) is 4.90 Å². The summed E-state index contributed by atoms with van der Waals surface area (Å²) in [6.07, 6.45) is 3.47. The van der Waals surface area contributed by atoms with Gasteiger partial charge in [0.25, 0.3) is 0 Å². The number of amides is 1. The molecule has 0 aromatic carbocycles. The lowest BCUT2D eigenvalue weighted by atomic mass is 10.1. The summed E-state index contributed by atoms with van der Waals surface area (Å²) >= 11 is 0. The van der Waals surface area contributed by atoms with Crippen LogP contribution in [0.4, 0.5) is 0 Å². The molecule has 0 aromatic rings. The van der Waals surface area contributed by atoms with Gasteiger partial charge in [-0.15, -0.1) is 0 Å². The lowest BCUT2D eigenvalue weighted by Crippen LogP contribution is -2.47. The van der Waals surface area contributed by atoms with Gasteiger partial charge in [-0.05, 0) is 12.5 Å². The van der Waals surface area contributed by atoms with E-state index in [0.29, 0.717) is 19.8 Å². The van der Waals surface area contributed by atoms with E-state index >= 15 is 0 Å². The molecule has 1 aliphatic heterocycles. The van der Waals surface area contributed by atoms with Crippen LogP contribution in [0.1, 0.15) is 19.8 Å². The highest BCUT2D eigenvalue weighted by molar-refractivity contribution is 5.87. The Morgan fingerprint density at radius 2 is 2.54 bits per heavy atom. The second kappa shape index (κ2) is 5.02. The topological polar surface area (TPSA) is 29.5 Å². The maximum atomic E-state index is 11.4. The van der Waals surface area contributed by atoms with Gasteiger partial charge in [0.1, 0.15) is 0 Å². The van der Waals surface area contributed by atoms with Crippen molar-refractivity contribution >= 4 is 5.91 Å². The first-order chi connectivity index (χ1) is 6.29. The Balaban J connectivity index is 2.55. The van der Waals surface area contributed by atoms with E-state index in [1.54, 1.807) is 0 Å². The number of rotatable bonds is 3. The minimum Gasteiger partial charge on any atom is -0.377 e. The summed E-state index contributed by atoms with van der Waals surface area (Å²) in [5.41, 5.74) is 0. The monoisotopic (exact) mass is 183 g/mol. The number of hydrogen-bond donors (Lipinski definition) is 0. The van der Waals surface area contributed by atoms with Crippen LogP contribution in [0.2, 0.25) is 0 Å². The molecule has 1 amide bonds. The molecule has 1 aliphatic rings. The largest absolute Gasteiger partial charge is 0.377 e. The number of nitrogens with zero attached hydrogens (tertiary/aromatic N) is 1. The van der Waals surface area contributed by atoms with E-state index < -0.39 is 0 Å². The summed E-state index contributed by atoms with van der Waals surface area (Å²) in [5, 5.41) is 0. The first-order valence-electron chi connectivity index (χ1n) is 4.80. The minimum absolute atomic E-state index is 0.0294. The van der Waals surface area contributed by atoms with Crippen LogP contribution in [0.25, 0.3) is 0 Å². The molecule has 0 aromatic heterocycles. The summed E-state index contributed by atoms with van der Waals surface area (Å²) in [7, 11) is 0. The molecule has 0 radical (unpaired) electrons. The summed E-state index contributed by atoms with van der Waals surface area (Å²) in [6, 6.07) is 0.254. The molecule has 3 heteroatoms. The van der Waals surface area contributed by atoms with Gasteiger partial charge in [-0.2, -0.15) is 0 Å². The highest BCUT2D eigenvalue weighted by Crippen LogP contribution is 2.12. The molecule has 0 bridgehead atoms. The third kappa shape index (κ3) is 2.56. The molecule has 0 N–H and O–H groups in total. The van der Waals surface area contributed by atoms with Crippen molar-refractivity contribution in [2.24, 2.45) is 0 Å². The zero-order valence-corrected chi connectivity index (χ0v) is 8.16. The summed E-state index contributed by atoms with van der Waals surface area (Å²) in [4.78, 5) is 13.3. The average Bonchev–Trinajstić information content (AvgIpc) is 2.18. The number of carbonyl (C=O) groups excluding carboxylic acids is 1. The Kier molecular flexibility index (Phi) is 3.96. The van der Waals surface area contributed by atoms with E-state index in [4.69, 9.17) is 4.74 Å². The lowest BCUT2D eigenvalue weighted by Gasteiger charge is -2.34. The van der Waals surface area contributed by atoms with Crippen LogP contribution in [-0.4, -0.2) is 36.6 Å². The van der Waals surface area contributed by atoms with Crippen molar-refractivity contribution in [3.8, 4) is 0 Å². The molecule has 0 saturated carbocycles. The van der Waals surface area contributed by atoms with Crippen molar-refractivity contribution < 1.29 is 9.53 Å². The van der Waals surface area contributed by atoms with E-state index in [9.17, 15) is 4.79 Å². The molecule has 1 unspecified atom stereocenters. The Labute approximate surface area is 79.4 Å². The Bertz CT molecular complexity index is 189. The fraction of sp³-hybridized carbons (Fsp3) is 0.700. The van der Waals surface area contributed by atoms with Crippen LogP contribution in [0.3, 0.4) is 0 Å². The van der Waals surface area contributed by atoms with Crippen LogP contribution in [0.5, 0.6) is 0 Å². The van der Waals surface area contributed by atoms with Gasteiger partial charge in [0, 0.05) is 6.54 Å². The molecule has 1 atom stereocenters. The molecule has 0 spiro atoms. The van der Waals surface area contributed by atoms with Crippen molar-refractivity contribution in [2.45, 2.75) is 25.8 Å². The second-order valence-corrected chi connectivity index (χ2v) is 3.25. The molecule has 0 aliphatic carbocycles. The zero-order valence-electron chi connectivity index (χ0n) is 8.16. The summed E-state index contributed by atoms with van der Waals surface area (Å²) in [6.45, 7) is 7.65. The van der Waals surface area contributed by atoms with Crippen molar-refractivity contribution in [1.29, 1.82) is 0 Å². The highest BCUT2D eigenvalue weighted by Gasteiger charge is 2.24.